The lowest BCUT2D eigenvalue weighted by Crippen LogP contribution is -2.47. The van der Waals surface area contributed by atoms with Crippen LogP contribution in [-0.4, -0.2) is 26.7 Å². The molecule has 0 aromatic heterocycles. The Morgan fingerprint density at radius 2 is 1.27 bits per heavy atom. The highest BCUT2D eigenvalue weighted by atomic mass is 28.5. The number of hydrogen-bond donors (Lipinski definition) is 2. The molecule has 0 aromatic rings. The highest BCUT2D eigenvalue weighted by Gasteiger charge is 2.35. The van der Waals surface area contributed by atoms with Crippen LogP contribution < -0.4 is 0 Å². The van der Waals surface area contributed by atoms with Crippen LogP contribution in [0.15, 0.2) is 0 Å². The van der Waals surface area contributed by atoms with E-state index < -0.39 is 17.1 Å². The van der Waals surface area contributed by atoms with E-state index in [1.807, 2.05) is 13.8 Å². The summed E-state index contributed by atoms with van der Waals surface area (Å²) in [5.41, 5.74) is 0. The summed E-state index contributed by atoms with van der Waals surface area (Å²) in [5, 5.41) is 0. The van der Waals surface area contributed by atoms with Crippen LogP contribution in [0.25, 0.3) is 0 Å². The molecular formula is C6H18O3Si2. The molecule has 0 aromatic carbocycles. The molecule has 0 aliphatic carbocycles. The molecule has 0 saturated carbocycles. The predicted octanol–water partition coefficient (Wildman–Crippen LogP) is 1.17. The molecule has 0 bridgehead atoms. The lowest BCUT2D eigenvalue weighted by atomic mass is 11.0. The van der Waals surface area contributed by atoms with Gasteiger partial charge in [-0.25, -0.2) is 0 Å². The minimum atomic E-state index is -2.52. The molecule has 0 heterocycles. The van der Waals surface area contributed by atoms with Gasteiger partial charge in [0, 0.05) is 0 Å². The SMILES string of the molecule is CC[Si](C)(O)O[Si](C)(O)CC. The van der Waals surface area contributed by atoms with E-state index in [1.165, 1.54) is 0 Å². The lowest BCUT2D eigenvalue weighted by molar-refractivity contribution is 0.310. The maximum Gasteiger partial charge on any atom is 0.323 e. The van der Waals surface area contributed by atoms with Crippen LogP contribution in [0.3, 0.4) is 0 Å². The van der Waals surface area contributed by atoms with E-state index in [-0.39, 0.29) is 0 Å². The van der Waals surface area contributed by atoms with Crippen molar-refractivity contribution in [3.05, 3.63) is 0 Å². The Morgan fingerprint density at radius 1 is 1.00 bits per heavy atom. The first-order valence-electron chi connectivity index (χ1n) is 3.98. The van der Waals surface area contributed by atoms with Gasteiger partial charge in [0.15, 0.2) is 0 Å². The molecule has 0 fully saturated rings. The zero-order valence-electron chi connectivity index (χ0n) is 7.72. The van der Waals surface area contributed by atoms with Crippen molar-refractivity contribution in [1.82, 2.24) is 0 Å². The van der Waals surface area contributed by atoms with E-state index in [2.05, 4.69) is 0 Å². The third-order valence-corrected chi connectivity index (χ3v) is 7.89. The molecule has 2 unspecified atom stereocenters. The number of rotatable bonds is 4. The molecule has 0 rings (SSSR count). The van der Waals surface area contributed by atoms with E-state index in [9.17, 15) is 9.59 Å². The van der Waals surface area contributed by atoms with E-state index in [0.717, 1.165) is 0 Å². The Labute approximate surface area is 70.5 Å². The van der Waals surface area contributed by atoms with Crippen LogP contribution >= 0.6 is 0 Å². The number of hydrogen-bond acceptors (Lipinski definition) is 3. The lowest BCUT2D eigenvalue weighted by Gasteiger charge is -2.28. The fraction of sp³-hybridized carbons (Fsp3) is 1.00. The molecule has 0 amide bonds. The summed E-state index contributed by atoms with van der Waals surface area (Å²) >= 11 is 0. The Morgan fingerprint density at radius 3 is 1.45 bits per heavy atom. The summed E-state index contributed by atoms with van der Waals surface area (Å²) in [7, 11) is -5.04. The molecule has 2 N–H and O–H groups in total. The summed E-state index contributed by atoms with van der Waals surface area (Å²) in [4.78, 5) is 19.2. The molecule has 0 aliphatic heterocycles. The third kappa shape index (κ3) is 4.70. The van der Waals surface area contributed by atoms with Crippen molar-refractivity contribution < 1.29 is 13.7 Å². The first-order valence-corrected chi connectivity index (χ1v) is 9.10. The minimum absolute atomic E-state index is 0.635. The minimum Gasteiger partial charge on any atom is -0.415 e. The van der Waals surface area contributed by atoms with Crippen molar-refractivity contribution in [1.29, 1.82) is 0 Å². The summed E-state index contributed by atoms with van der Waals surface area (Å²) in [6, 6.07) is 1.27. The molecule has 2 atom stereocenters. The molecule has 5 heteroatoms. The standard InChI is InChI=1S/C6H18O3Si2/c1-5-10(3,7)9-11(4,8)6-2/h7-8H,5-6H2,1-4H3. The second kappa shape index (κ2) is 3.82. The fourth-order valence-electron chi connectivity index (χ4n) is 0.618. The van der Waals surface area contributed by atoms with Gasteiger partial charge in [0.05, 0.1) is 0 Å². The van der Waals surface area contributed by atoms with Gasteiger partial charge < -0.3 is 13.7 Å². The first-order chi connectivity index (χ1) is 4.83. The monoisotopic (exact) mass is 194 g/mol. The Balaban J connectivity index is 4.02. The second-order valence-electron chi connectivity index (χ2n) is 3.16. The van der Waals surface area contributed by atoms with Crippen molar-refractivity contribution in [3.8, 4) is 0 Å². The maximum atomic E-state index is 9.58. The van der Waals surface area contributed by atoms with Crippen molar-refractivity contribution >= 4 is 17.1 Å². The summed E-state index contributed by atoms with van der Waals surface area (Å²) < 4.78 is 5.31. The summed E-state index contributed by atoms with van der Waals surface area (Å²) in [6.45, 7) is 7.19. The van der Waals surface area contributed by atoms with Gasteiger partial charge in [-0.05, 0) is 25.2 Å². The third-order valence-electron chi connectivity index (χ3n) is 1.75. The van der Waals surface area contributed by atoms with Crippen LogP contribution in [0.1, 0.15) is 13.8 Å². The zero-order chi connectivity index (χ0) is 9.12. The van der Waals surface area contributed by atoms with Crippen LogP contribution in [0.4, 0.5) is 0 Å². The molecule has 68 valence electrons. The Bertz CT molecular complexity index is 111. The van der Waals surface area contributed by atoms with Crippen molar-refractivity contribution in [2.75, 3.05) is 0 Å². The summed E-state index contributed by atoms with van der Waals surface area (Å²) in [6.07, 6.45) is 0. The van der Waals surface area contributed by atoms with Crippen LogP contribution in [0.2, 0.25) is 25.2 Å². The zero-order valence-corrected chi connectivity index (χ0v) is 9.72. The smallest absolute Gasteiger partial charge is 0.323 e. The summed E-state index contributed by atoms with van der Waals surface area (Å²) in [5.74, 6) is 0. The maximum absolute atomic E-state index is 9.58. The molecule has 0 radical (unpaired) electrons. The average molecular weight is 194 g/mol. The Hall–Kier alpha value is 0.314. The van der Waals surface area contributed by atoms with Crippen molar-refractivity contribution in [2.45, 2.75) is 39.0 Å². The molecule has 0 spiro atoms. The molecule has 3 nitrogen and oxygen atoms in total. The van der Waals surface area contributed by atoms with Gasteiger partial charge in [-0.3, -0.25) is 0 Å². The first kappa shape index (κ1) is 11.3. The highest BCUT2D eigenvalue weighted by molar-refractivity contribution is 6.78. The predicted molar refractivity (Wildman–Crippen MR) is 49.7 cm³/mol. The fourth-order valence-corrected chi connectivity index (χ4v) is 5.56. The van der Waals surface area contributed by atoms with Gasteiger partial charge >= 0.3 is 17.1 Å². The molecule has 0 aliphatic rings. The van der Waals surface area contributed by atoms with Crippen LogP contribution in [0.5, 0.6) is 0 Å². The molecule has 0 saturated heterocycles. The highest BCUT2D eigenvalue weighted by Crippen LogP contribution is 2.15. The second-order valence-corrected chi connectivity index (χ2v) is 10.1. The van der Waals surface area contributed by atoms with Crippen LogP contribution in [0, 0.1) is 0 Å². The average Bonchev–Trinajstić information content (AvgIpc) is 1.86. The van der Waals surface area contributed by atoms with E-state index in [1.54, 1.807) is 13.1 Å². The van der Waals surface area contributed by atoms with Gasteiger partial charge in [0.2, 0.25) is 0 Å². The topological polar surface area (TPSA) is 49.7 Å². The van der Waals surface area contributed by atoms with E-state index in [4.69, 9.17) is 4.12 Å². The quantitative estimate of drug-likeness (QED) is 0.661. The van der Waals surface area contributed by atoms with Crippen molar-refractivity contribution in [3.63, 3.8) is 0 Å². The normalized spacial score (nSPS) is 22.4. The van der Waals surface area contributed by atoms with Gasteiger partial charge in [-0.15, -0.1) is 0 Å². The molecular weight excluding hydrogens is 176 g/mol. The van der Waals surface area contributed by atoms with E-state index >= 15 is 0 Å². The molecule has 11 heavy (non-hydrogen) atoms. The van der Waals surface area contributed by atoms with Crippen molar-refractivity contribution in [2.24, 2.45) is 0 Å². The Kier molecular flexibility index (Phi) is 3.92. The van der Waals surface area contributed by atoms with Crippen LogP contribution in [-0.2, 0) is 4.12 Å². The van der Waals surface area contributed by atoms with Gasteiger partial charge in [0.1, 0.15) is 0 Å². The van der Waals surface area contributed by atoms with Gasteiger partial charge in [0.25, 0.3) is 0 Å². The van der Waals surface area contributed by atoms with Gasteiger partial charge in [-0.2, -0.15) is 0 Å². The van der Waals surface area contributed by atoms with E-state index in [0.29, 0.717) is 12.1 Å². The van der Waals surface area contributed by atoms with Gasteiger partial charge in [-0.1, -0.05) is 13.8 Å². The largest absolute Gasteiger partial charge is 0.415 e.